The summed E-state index contributed by atoms with van der Waals surface area (Å²) in [5, 5.41) is 13.2. The third-order valence-corrected chi connectivity index (χ3v) is 3.57. The lowest BCUT2D eigenvalue weighted by Crippen LogP contribution is -2.41. The van der Waals surface area contributed by atoms with E-state index in [1.165, 1.54) is 12.8 Å². The van der Waals surface area contributed by atoms with Gasteiger partial charge in [-0.25, -0.2) is 0 Å². The maximum absolute atomic E-state index is 9.60. The number of ether oxygens (including phenoxy) is 1. The number of nitrogens with one attached hydrogen (secondary N) is 1. The zero-order valence-electron chi connectivity index (χ0n) is 10.9. The van der Waals surface area contributed by atoms with E-state index in [1.54, 1.807) is 7.11 Å². The van der Waals surface area contributed by atoms with Gasteiger partial charge in [0.15, 0.2) is 0 Å². The smallest absolute Gasteiger partial charge is 0.0618 e. The van der Waals surface area contributed by atoms with Crippen LogP contribution in [0.2, 0.25) is 0 Å². The molecule has 0 aromatic carbocycles. The van der Waals surface area contributed by atoms with Crippen LogP contribution < -0.4 is 5.32 Å². The Morgan fingerprint density at radius 2 is 2.12 bits per heavy atom. The van der Waals surface area contributed by atoms with Crippen LogP contribution in [0.4, 0.5) is 0 Å². The van der Waals surface area contributed by atoms with Gasteiger partial charge in [0.25, 0.3) is 0 Å². The molecule has 0 aromatic heterocycles. The Kier molecular flexibility index (Phi) is 6.32. The van der Waals surface area contributed by atoms with Gasteiger partial charge in [-0.2, -0.15) is 0 Å². The van der Waals surface area contributed by atoms with Crippen LogP contribution >= 0.6 is 0 Å². The largest absolute Gasteiger partial charge is 0.393 e. The molecule has 1 aliphatic rings. The number of aliphatic hydroxyl groups excluding tert-OH is 1. The van der Waals surface area contributed by atoms with Crippen molar-refractivity contribution in [2.45, 2.75) is 51.7 Å². The van der Waals surface area contributed by atoms with E-state index >= 15 is 0 Å². The SMILES string of the molecule is COCC(NCC1CCCC(O)C1)C(C)C. The average molecular weight is 229 g/mol. The molecule has 1 rings (SSSR count). The maximum atomic E-state index is 9.60. The fourth-order valence-electron chi connectivity index (χ4n) is 2.43. The monoisotopic (exact) mass is 229 g/mol. The number of aliphatic hydroxyl groups is 1. The van der Waals surface area contributed by atoms with Gasteiger partial charge in [-0.15, -0.1) is 0 Å². The van der Waals surface area contributed by atoms with Crippen molar-refractivity contribution in [3.05, 3.63) is 0 Å². The molecule has 3 heteroatoms. The lowest BCUT2D eigenvalue weighted by molar-refractivity contribution is 0.0940. The van der Waals surface area contributed by atoms with Gasteiger partial charge in [0.1, 0.15) is 0 Å². The van der Waals surface area contributed by atoms with Crippen molar-refractivity contribution in [3.63, 3.8) is 0 Å². The normalized spacial score (nSPS) is 28.3. The number of methoxy groups -OCH3 is 1. The van der Waals surface area contributed by atoms with Crippen LogP contribution in [0.5, 0.6) is 0 Å². The molecule has 0 radical (unpaired) electrons. The summed E-state index contributed by atoms with van der Waals surface area (Å²) >= 11 is 0. The highest BCUT2D eigenvalue weighted by atomic mass is 16.5. The van der Waals surface area contributed by atoms with Gasteiger partial charge in [-0.3, -0.25) is 0 Å². The van der Waals surface area contributed by atoms with E-state index in [0.717, 1.165) is 26.0 Å². The van der Waals surface area contributed by atoms with Crippen molar-refractivity contribution < 1.29 is 9.84 Å². The van der Waals surface area contributed by atoms with Crippen LogP contribution in [0.3, 0.4) is 0 Å². The van der Waals surface area contributed by atoms with E-state index < -0.39 is 0 Å². The molecule has 0 aromatic rings. The molecular formula is C13H27NO2. The van der Waals surface area contributed by atoms with Crippen LogP contribution in [-0.4, -0.2) is 37.5 Å². The molecule has 16 heavy (non-hydrogen) atoms. The molecule has 1 aliphatic carbocycles. The van der Waals surface area contributed by atoms with E-state index in [9.17, 15) is 5.11 Å². The van der Waals surface area contributed by atoms with E-state index in [4.69, 9.17) is 4.74 Å². The van der Waals surface area contributed by atoms with E-state index in [0.29, 0.717) is 17.9 Å². The van der Waals surface area contributed by atoms with Crippen molar-refractivity contribution >= 4 is 0 Å². The summed E-state index contributed by atoms with van der Waals surface area (Å²) in [5.74, 6) is 1.23. The van der Waals surface area contributed by atoms with Gasteiger partial charge >= 0.3 is 0 Å². The second-order valence-electron chi connectivity index (χ2n) is 5.40. The van der Waals surface area contributed by atoms with Gasteiger partial charge in [-0.1, -0.05) is 20.3 Å². The van der Waals surface area contributed by atoms with E-state index in [-0.39, 0.29) is 6.10 Å². The topological polar surface area (TPSA) is 41.5 Å². The number of hydrogen-bond donors (Lipinski definition) is 2. The summed E-state index contributed by atoms with van der Waals surface area (Å²) in [4.78, 5) is 0. The van der Waals surface area contributed by atoms with Crippen LogP contribution in [0.1, 0.15) is 39.5 Å². The summed E-state index contributed by atoms with van der Waals surface area (Å²) in [6, 6.07) is 0.434. The number of rotatable bonds is 6. The van der Waals surface area contributed by atoms with Crippen LogP contribution in [-0.2, 0) is 4.74 Å². The first-order valence-corrected chi connectivity index (χ1v) is 6.53. The predicted octanol–water partition coefficient (Wildman–Crippen LogP) is 1.80. The quantitative estimate of drug-likeness (QED) is 0.730. The molecular weight excluding hydrogens is 202 g/mol. The Bertz CT molecular complexity index is 185. The number of hydrogen-bond acceptors (Lipinski definition) is 3. The molecule has 2 N–H and O–H groups in total. The highest BCUT2D eigenvalue weighted by Crippen LogP contribution is 2.23. The first-order valence-electron chi connectivity index (χ1n) is 6.53. The molecule has 0 spiro atoms. The van der Waals surface area contributed by atoms with Crippen LogP contribution in [0.15, 0.2) is 0 Å². The molecule has 3 nitrogen and oxygen atoms in total. The third-order valence-electron chi connectivity index (χ3n) is 3.57. The Morgan fingerprint density at radius 3 is 2.69 bits per heavy atom. The minimum absolute atomic E-state index is 0.0690. The van der Waals surface area contributed by atoms with E-state index in [1.807, 2.05) is 0 Å². The molecule has 0 heterocycles. The van der Waals surface area contributed by atoms with Crippen LogP contribution in [0, 0.1) is 11.8 Å². The van der Waals surface area contributed by atoms with Crippen molar-refractivity contribution in [2.24, 2.45) is 11.8 Å². The van der Waals surface area contributed by atoms with Crippen molar-refractivity contribution in [1.82, 2.24) is 5.32 Å². The molecule has 3 atom stereocenters. The lowest BCUT2D eigenvalue weighted by Gasteiger charge is -2.29. The molecule has 1 saturated carbocycles. The Labute approximate surface area is 99.6 Å². The van der Waals surface area contributed by atoms with Gasteiger partial charge in [0.2, 0.25) is 0 Å². The molecule has 3 unspecified atom stereocenters. The summed E-state index contributed by atoms with van der Waals surface area (Å²) < 4.78 is 5.21. The van der Waals surface area contributed by atoms with Crippen molar-refractivity contribution in [2.75, 3.05) is 20.3 Å². The summed E-state index contributed by atoms with van der Waals surface area (Å²) in [6.07, 6.45) is 4.30. The van der Waals surface area contributed by atoms with Crippen molar-refractivity contribution in [3.8, 4) is 0 Å². The van der Waals surface area contributed by atoms with Gasteiger partial charge in [0, 0.05) is 13.2 Å². The Balaban J connectivity index is 2.25. The van der Waals surface area contributed by atoms with Gasteiger partial charge < -0.3 is 15.2 Å². The van der Waals surface area contributed by atoms with Gasteiger partial charge in [0.05, 0.1) is 12.7 Å². The minimum Gasteiger partial charge on any atom is -0.393 e. The summed E-state index contributed by atoms with van der Waals surface area (Å²) in [6.45, 7) is 6.22. The maximum Gasteiger partial charge on any atom is 0.0618 e. The van der Waals surface area contributed by atoms with Crippen LogP contribution in [0.25, 0.3) is 0 Å². The summed E-state index contributed by atoms with van der Waals surface area (Å²) in [7, 11) is 1.75. The Hall–Kier alpha value is -0.120. The zero-order valence-corrected chi connectivity index (χ0v) is 10.9. The van der Waals surface area contributed by atoms with E-state index in [2.05, 4.69) is 19.2 Å². The van der Waals surface area contributed by atoms with Crippen molar-refractivity contribution in [1.29, 1.82) is 0 Å². The highest BCUT2D eigenvalue weighted by Gasteiger charge is 2.21. The van der Waals surface area contributed by atoms with Gasteiger partial charge in [-0.05, 0) is 37.6 Å². The molecule has 0 aliphatic heterocycles. The summed E-state index contributed by atoms with van der Waals surface area (Å²) in [5.41, 5.74) is 0. The molecule has 96 valence electrons. The first kappa shape index (κ1) is 13.9. The fraction of sp³-hybridized carbons (Fsp3) is 1.00. The molecule has 0 bridgehead atoms. The molecule has 0 saturated heterocycles. The minimum atomic E-state index is -0.0690. The third kappa shape index (κ3) is 4.81. The lowest BCUT2D eigenvalue weighted by atomic mass is 9.87. The second kappa shape index (κ2) is 7.25. The standard InChI is InChI=1S/C13H27NO2/c1-10(2)13(9-16-3)14-8-11-5-4-6-12(15)7-11/h10-15H,4-9H2,1-3H3. The molecule has 1 fully saturated rings. The second-order valence-corrected chi connectivity index (χ2v) is 5.40. The predicted molar refractivity (Wildman–Crippen MR) is 66.5 cm³/mol. The first-order chi connectivity index (χ1) is 7.63. The molecule has 0 amide bonds. The Morgan fingerprint density at radius 1 is 1.38 bits per heavy atom. The highest BCUT2D eigenvalue weighted by molar-refractivity contribution is 4.77. The zero-order chi connectivity index (χ0) is 12.0. The fourth-order valence-corrected chi connectivity index (χ4v) is 2.43. The average Bonchev–Trinajstić information content (AvgIpc) is 2.24.